The number of nitro groups is 1. The van der Waals surface area contributed by atoms with Crippen molar-refractivity contribution in [2.75, 3.05) is 14.2 Å². The highest BCUT2D eigenvalue weighted by Gasteiger charge is 2.39. The molecule has 2 rings (SSSR count). The van der Waals surface area contributed by atoms with Crippen molar-refractivity contribution < 1.29 is 19.2 Å². The molecule has 1 saturated heterocycles. The summed E-state index contributed by atoms with van der Waals surface area (Å²) in [4.78, 5) is 22.3. The lowest BCUT2D eigenvalue weighted by Crippen LogP contribution is -2.45. The van der Waals surface area contributed by atoms with E-state index in [1.807, 2.05) is 0 Å². The maximum atomic E-state index is 11.5. The van der Waals surface area contributed by atoms with Crippen molar-refractivity contribution in [3.05, 3.63) is 33.9 Å². The normalized spacial score (nSPS) is 22.0. The van der Waals surface area contributed by atoms with Crippen LogP contribution >= 0.6 is 0 Å². The summed E-state index contributed by atoms with van der Waals surface area (Å²) in [5.41, 5.74) is 0.586. The molecule has 0 aromatic heterocycles. The largest absolute Gasteiger partial charge is 0.497 e. The topological polar surface area (TPSA) is 90.7 Å². The van der Waals surface area contributed by atoms with Gasteiger partial charge in [-0.2, -0.15) is 0 Å². The van der Waals surface area contributed by atoms with Crippen LogP contribution in [0.3, 0.4) is 0 Å². The van der Waals surface area contributed by atoms with Crippen LogP contribution in [0.5, 0.6) is 11.5 Å². The number of nitrogens with zero attached hydrogens (tertiary/aromatic N) is 1. The van der Waals surface area contributed by atoms with Gasteiger partial charge in [0.2, 0.25) is 11.9 Å². The van der Waals surface area contributed by atoms with Gasteiger partial charge in [0.25, 0.3) is 0 Å². The molecule has 0 aliphatic carbocycles. The quantitative estimate of drug-likeness (QED) is 0.663. The first-order valence-electron chi connectivity index (χ1n) is 6.21. The van der Waals surface area contributed by atoms with E-state index in [4.69, 9.17) is 9.47 Å². The van der Waals surface area contributed by atoms with E-state index in [0.29, 0.717) is 17.1 Å². The third-order valence-electron chi connectivity index (χ3n) is 3.41. The monoisotopic (exact) mass is 280 g/mol. The molecule has 1 fully saturated rings. The molecule has 0 radical (unpaired) electrons. The molecule has 20 heavy (non-hydrogen) atoms. The van der Waals surface area contributed by atoms with E-state index in [2.05, 4.69) is 5.32 Å². The Kier molecular flexibility index (Phi) is 4.07. The Morgan fingerprint density at radius 2 is 2.10 bits per heavy atom. The first kappa shape index (κ1) is 14.1. The Morgan fingerprint density at radius 1 is 1.35 bits per heavy atom. The van der Waals surface area contributed by atoms with Gasteiger partial charge in [-0.1, -0.05) is 0 Å². The molecule has 0 bridgehead atoms. The maximum absolute atomic E-state index is 11.5. The van der Waals surface area contributed by atoms with Gasteiger partial charge in [0.05, 0.1) is 14.2 Å². The smallest absolute Gasteiger partial charge is 0.237 e. The van der Waals surface area contributed by atoms with Crippen LogP contribution in [-0.4, -0.2) is 31.1 Å². The second kappa shape index (κ2) is 5.77. The molecule has 1 amide bonds. The maximum Gasteiger partial charge on any atom is 0.237 e. The van der Waals surface area contributed by atoms with E-state index in [1.165, 1.54) is 14.2 Å². The van der Waals surface area contributed by atoms with Gasteiger partial charge in [-0.15, -0.1) is 0 Å². The summed E-state index contributed by atoms with van der Waals surface area (Å²) in [7, 11) is 3.00. The summed E-state index contributed by atoms with van der Waals surface area (Å²) in [6, 6.07) is 3.48. The van der Waals surface area contributed by atoms with Crippen LogP contribution < -0.4 is 14.8 Å². The standard InChI is InChI=1S/C13H16N2O5/c1-19-8-3-4-9(11(7-8)20-2)13-10(15(17)18)5-6-12(16)14-13/h3-4,7,10,13H,5-6H2,1-2H3,(H,14,16)/t10-,13+/m0/s1. The number of nitrogens with one attached hydrogen (secondary N) is 1. The fourth-order valence-corrected chi connectivity index (χ4v) is 2.37. The van der Waals surface area contributed by atoms with Gasteiger partial charge in [-0.3, -0.25) is 14.9 Å². The van der Waals surface area contributed by atoms with Gasteiger partial charge in [0.1, 0.15) is 17.5 Å². The highest BCUT2D eigenvalue weighted by Crippen LogP contribution is 2.34. The fourth-order valence-electron chi connectivity index (χ4n) is 2.37. The van der Waals surface area contributed by atoms with Crippen molar-refractivity contribution in [1.29, 1.82) is 0 Å². The number of carbonyl (C=O) groups excluding carboxylic acids is 1. The van der Waals surface area contributed by atoms with Gasteiger partial charge in [-0.05, 0) is 12.1 Å². The molecule has 0 spiro atoms. The van der Waals surface area contributed by atoms with Crippen molar-refractivity contribution in [3.8, 4) is 11.5 Å². The molecule has 0 unspecified atom stereocenters. The number of ether oxygens (including phenoxy) is 2. The van der Waals surface area contributed by atoms with Gasteiger partial charge in [-0.25, -0.2) is 0 Å². The van der Waals surface area contributed by atoms with Crippen molar-refractivity contribution in [1.82, 2.24) is 5.32 Å². The number of benzene rings is 1. The highest BCUT2D eigenvalue weighted by molar-refractivity contribution is 5.77. The van der Waals surface area contributed by atoms with Crippen LogP contribution in [0.1, 0.15) is 24.4 Å². The fraction of sp³-hybridized carbons (Fsp3) is 0.462. The lowest BCUT2D eigenvalue weighted by atomic mass is 9.91. The highest BCUT2D eigenvalue weighted by atomic mass is 16.6. The lowest BCUT2D eigenvalue weighted by molar-refractivity contribution is -0.529. The van der Waals surface area contributed by atoms with Gasteiger partial charge in [0.15, 0.2) is 0 Å². The molecular weight excluding hydrogens is 264 g/mol. The van der Waals surface area contributed by atoms with Crippen LogP contribution in [0.2, 0.25) is 0 Å². The van der Waals surface area contributed by atoms with E-state index in [1.54, 1.807) is 18.2 Å². The molecule has 1 aliphatic rings. The van der Waals surface area contributed by atoms with Crippen molar-refractivity contribution in [3.63, 3.8) is 0 Å². The van der Waals surface area contributed by atoms with E-state index in [0.717, 1.165) is 0 Å². The van der Waals surface area contributed by atoms with Crippen molar-refractivity contribution in [2.24, 2.45) is 0 Å². The first-order valence-corrected chi connectivity index (χ1v) is 6.21. The van der Waals surface area contributed by atoms with E-state index >= 15 is 0 Å². The third-order valence-corrected chi connectivity index (χ3v) is 3.41. The molecule has 1 heterocycles. The predicted octanol–water partition coefficient (Wildman–Crippen LogP) is 1.30. The number of rotatable bonds is 4. The summed E-state index contributed by atoms with van der Waals surface area (Å²) < 4.78 is 10.3. The van der Waals surface area contributed by atoms with E-state index in [-0.39, 0.29) is 23.7 Å². The summed E-state index contributed by atoms with van der Waals surface area (Å²) >= 11 is 0. The molecule has 1 aromatic rings. The van der Waals surface area contributed by atoms with Crippen LogP contribution in [0, 0.1) is 10.1 Å². The second-order valence-electron chi connectivity index (χ2n) is 4.54. The number of hydrogen-bond donors (Lipinski definition) is 1. The number of piperidine rings is 1. The number of hydrogen-bond acceptors (Lipinski definition) is 5. The predicted molar refractivity (Wildman–Crippen MR) is 70.4 cm³/mol. The van der Waals surface area contributed by atoms with E-state index in [9.17, 15) is 14.9 Å². The van der Waals surface area contributed by atoms with Gasteiger partial charge in [0, 0.05) is 29.4 Å². The number of amides is 1. The molecule has 108 valence electrons. The third kappa shape index (κ3) is 2.66. The molecule has 1 aromatic carbocycles. The minimum Gasteiger partial charge on any atom is -0.497 e. The zero-order valence-corrected chi connectivity index (χ0v) is 11.3. The van der Waals surface area contributed by atoms with Crippen molar-refractivity contribution >= 4 is 5.91 Å². The minimum atomic E-state index is -0.852. The van der Waals surface area contributed by atoms with Crippen LogP contribution in [0.15, 0.2) is 18.2 Å². The van der Waals surface area contributed by atoms with E-state index < -0.39 is 12.1 Å². The zero-order chi connectivity index (χ0) is 14.7. The Labute approximate surface area is 116 Å². The summed E-state index contributed by atoms with van der Waals surface area (Å²) in [5.74, 6) is 0.861. The SMILES string of the molecule is COc1ccc([C@H]2NC(=O)CC[C@@H]2[N+](=O)[O-])c(OC)c1. The molecule has 7 heteroatoms. The Bertz CT molecular complexity index is 531. The average molecular weight is 280 g/mol. The van der Waals surface area contributed by atoms with Crippen LogP contribution in [0.25, 0.3) is 0 Å². The Hall–Kier alpha value is -2.31. The molecule has 1 aliphatic heterocycles. The van der Waals surface area contributed by atoms with Crippen LogP contribution in [-0.2, 0) is 4.79 Å². The van der Waals surface area contributed by atoms with Crippen LogP contribution in [0.4, 0.5) is 0 Å². The summed E-state index contributed by atoms with van der Waals surface area (Å²) in [6.07, 6.45) is 0.388. The average Bonchev–Trinajstić information content (AvgIpc) is 2.46. The number of carbonyl (C=O) groups is 1. The van der Waals surface area contributed by atoms with Crippen molar-refractivity contribution in [2.45, 2.75) is 24.9 Å². The summed E-state index contributed by atoms with van der Waals surface area (Å²) in [5, 5.41) is 13.8. The minimum absolute atomic E-state index is 0.167. The van der Waals surface area contributed by atoms with Gasteiger partial charge < -0.3 is 14.8 Å². The molecular formula is C13H16N2O5. The van der Waals surface area contributed by atoms with Gasteiger partial charge >= 0.3 is 0 Å². The Morgan fingerprint density at radius 3 is 2.70 bits per heavy atom. The number of methoxy groups -OCH3 is 2. The lowest BCUT2D eigenvalue weighted by Gasteiger charge is -2.28. The molecule has 0 saturated carbocycles. The molecule has 1 N–H and O–H groups in total. The summed E-state index contributed by atoms with van der Waals surface area (Å²) in [6.45, 7) is 0. The first-order chi connectivity index (χ1) is 9.56. The molecule has 2 atom stereocenters. The second-order valence-corrected chi connectivity index (χ2v) is 4.54. The molecule has 7 nitrogen and oxygen atoms in total. The zero-order valence-electron chi connectivity index (χ0n) is 11.3. The Balaban J connectivity index is 2.40.